The Labute approximate surface area is 95.6 Å². The van der Waals surface area contributed by atoms with Gasteiger partial charge in [-0.1, -0.05) is 5.21 Å². The Kier molecular flexibility index (Phi) is 3.19. The zero-order chi connectivity index (χ0) is 12.1. The SMILES string of the molecule is COC(=O)c1nccc(NCc2nn[nH]n2)n1. The Morgan fingerprint density at radius 3 is 3.18 bits per heavy atom. The summed E-state index contributed by atoms with van der Waals surface area (Å²) in [7, 11) is 1.27. The van der Waals surface area contributed by atoms with E-state index in [4.69, 9.17) is 0 Å². The van der Waals surface area contributed by atoms with E-state index >= 15 is 0 Å². The van der Waals surface area contributed by atoms with E-state index in [9.17, 15) is 4.79 Å². The van der Waals surface area contributed by atoms with E-state index in [0.29, 0.717) is 18.2 Å². The highest BCUT2D eigenvalue weighted by Crippen LogP contribution is 2.03. The molecule has 2 heterocycles. The fraction of sp³-hybridized carbons (Fsp3) is 0.250. The Morgan fingerprint density at radius 1 is 1.59 bits per heavy atom. The molecule has 0 aliphatic rings. The fourth-order valence-electron chi connectivity index (χ4n) is 1.07. The quantitative estimate of drug-likeness (QED) is 0.673. The lowest BCUT2D eigenvalue weighted by Crippen LogP contribution is -2.10. The second-order valence-electron chi connectivity index (χ2n) is 2.94. The molecule has 2 rings (SSSR count). The van der Waals surface area contributed by atoms with E-state index in [-0.39, 0.29) is 5.82 Å². The van der Waals surface area contributed by atoms with Gasteiger partial charge in [0, 0.05) is 6.20 Å². The van der Waals surface area contributed by atoms with Crippen LogP contribution in [0.5, 0.6) is 0 Å². The number of tetrazole rings is 1. The molecule has 0 aliphatic heterocycles. The minimum atomic E-state index is -0.590. The second-order valence-corrected chi connectivity index (χ2v) is 2.94. The molecular weight excluding hydrogens is 226 g/mol. The van der Waals surface area contributed by atoms with Crippen LogP contribution in [0.1, 0.15) is 16.4 Å². The number of hydrogen-bond donors (Lipinski definition) is 2. The monoisotopic (exact) mass is 235 g/mol. The third-order valence-corrected chi connectivity index (χ3v) is 1.84. The number of carbonyl (C=O) groups is 1. The normalized spacial score (nSPS) is 9.94. The van der Waals surface area contributed by atoms with Crippen LogP contribution in [0.15, 0.2) is 12.3 Å². The molecule has 88 valence electrons. The van der Waals surface area contributed by atoms with E-state index < -0.39 is 5.97 Å². The van der Waals surface area contributed by atoms with Gasteiger partial charge in [-0.3, -0.25) is 0 Å². The average molecular weight is 235 g/mol. The highest BCUT2D eigenvalue weighted by atomic mass is 16.5. The lowest BCUT2D eigenvalue weighted by molar-refractivity contribution is 0.0587. The van der Waals surface area contributed by atoms with Crippen LogP contribution in [-0.4, -0.2) is 43.7 Å². The first kappa shape index (κ1) is 10.9. The number of esters is 1. The number of aromatic nitrogens is 6. The summed E-state index contributed by atoms with van der Waals surface area (Å²) in [5, 5.41) is 16.2. The maximum absolute atomic E-state index is 11.2. The lowest BCUT2D eigenvalue weighted by atomic mass is 10.5. The van der Waals surface area contributed by atoms with Gasteiger partial charge < -0.3 is 10.1 Å². The van der Waals surface area contributed by atoms with Crippen molar-refractivity contribution in [1.29, 1.82) is 0 Å². The predicted molar refractivity (Wildman–Crippen MR) is 54.9 cm³/mol. The smallest absolute Gasteiger partial charge is 0.376 e. The van der Waals surface area contributed by atoms with E-state index in [2.05, 4.69) is 40.6 Å². The van der Waals surface area contributed by atoms with Crippen molar-refractivity contribution in [1.82, 2.24) is 30.6 Å². The maximum Gasteiger partial charge on any atom is 0.376 e. The number of anilines is 1. The van der Waals surface area contributed by atoms with Crippen molar-refractivity contribution in [3.05, 3.63) is 23.9 Å². The first-order valence-electron chi connectivity index (χ1n) is 4.67. The van der Waals surface area contributed by atoms with E-state index in [0.717, 1.165) is 0 Å². The standard InChI is InChI=1S/C8H9N7O2/c1-17-8(16)7-9-3-2-5(11-7)10-4-6-12-14-15-13-6/h2-3H,4H2,1H3,(H,9,10,11)(H,12,13,14,15). The third-order valence-electron chi connectivity index (χ3n) is 1.84. The predicted octanol–water partition coefficient (Wildman–Crippen LogP) is -0.612. The molecule has 0 atom stereocenters. The van der Waals surface area contributed by atoms with Crippen LogP contribution in [0.3, 0.4) is 0 Å². The van der Waals surface area contributed by atoms with Crippen LogP contribution in [0, 0.1) is 0 Å². The molecular formula is C8H9N7O2. The number of rotatable bonds is 4. The molecule has 0 unspecified atom stereocenters. The molecule has 0 fully saturated rings. The number of aromatic amines is 1. The lowest BCUT2D eigenvalue weighted by Gasteiger charge is -2.03. The van der Waals surface area contributed by atoms with Gasteiger partial charge in [0.2, 0.25) is 5.82 Å². The van der Waals surface area contributed by atoms with Crippen molar-refractivity contribution in [2.75, 3.05) is 12.4 Å². The van der Waals surface area contributed by atoms with E-state index in [1.807, 2.05) is 0 Å². The summed E-state index contributed by atoms with van der Waals surface area (Å²) in [5.74, 6) is 0.368. The average Bonchev–Trinajstić information content (AvgIpc) is 2.89. The summed E-state index contributed by atoms with van der Waals surface area (Å²) in [6, 6.07) is 1.62. The van der Waals surface area contributed by atoms with Crippen molar-refractivity contribution in [2.45, 2.75) is 6.54 Å². The Hall–Kier alpha value is -2.58. The van der Waals surface area contributed by atoms with Crippen molar-refractivity contribution in [3.63, 3.8) is 0 Å². The summed E-state index contributed by atoms with van der Waals surface area (Å²) < 4.78 is 4.51. The van der Waals surface area contributed by atoms with Crippen LogP contribution in [0.2, 0.25) is 0 Å². The molecule has 9 heteroatoms. The molecule has 17 heavy (non-hydrogen) atoms. The van der Waals surface area contributed by atoms with Crippen molar-refractivity contribution in [2.24, 2.45) is 0 Å². The molecule has 0 saturated carbocycles. The van der Waals surface area contributed by atoms with Crippen LogP contribution in [-0.2, 0) is 11.3 Å². The van der Waals surface area contributed by atoms with Gasteiger partial charge >= 0.3 is 5.97 Å². The number of H-pyrrole nitrogens is 1. The number of nitrogens with zero attached hydrogens (tertiary/aromatic N) is 5. The second kappa shape index (κ2) is 4.96. The van der Waals surface area contributed by atoms with Crippen molar-refractivity contribution in [3.8, 4) is 0 Å². The molecule has 0 amide bonds. The summed E-state index contributed by atoms with van der Waals surface area (Å²) in [6.07, 6.45) is 1.46. The highest BCUT2D eigenvalue weighted by molar-refractivity contribution is 5.85. The summed E-state index contributed by atoms with van der Waals surface area (Å²) in [4.78, 5) is 18.9. The van der Waals surface area contributed by atoms with Gasteiger partial charge in [0.1, 0.15) is 5.82 Å². The first-order chi connectivity index (χ1) is 8.29. The molecule has 2 aromatic rings. The van der Waals surface area contributed by atoms with Gasteiger partial charge in [0.05, 0.1) is 13.7 Å². The maximum atomic E-state index is 11.2. The van der Waals surface area contributed by atoms with Gasteiger partial charge in [0.25, 0.3) is 0 Å². The molecule has 0 radical (unpaired) electrons. The molecule has 2 aromatic heterocycles. The van der Waals surface area contributed by atoms with Crippen LogP contribution in [0.25, 0.3) is 0 Å². The Morgan fingerprint density at radius 2 is 2.47 bits per heavy atom. The zero-order valence-corrected chi connectivity index (χ0v) is 8.91. The fourth-order valence-corrected chi connectivity index (χ4v) is 1.07. The number of carbonyl (C=O) groups excluding carboxylic acids is 1. The summed E-state index contributed by atoms with van der Waals surface area (Å²) >= 11 is 0. The number of nitrogens with one attached hydrogen (secondary N) is 2. The van der Waals surface area contributed by atoms with Gasteiger partial charge in [-0.05, 0) is 6.07 Å². The topological polar surface area (TPSA) is 119 Å². The molecule has 0 bridgehead atoms. The van der Waals surface area contributed by atoms with Gasteiger partial charge in [-0.15, -0.1) is 10.2 Å². The van der Waals surface area contributed by atoms with Crippen molar-refractivity contribution < 1.29 is 9.53 Å². The van der Waals surface area contributed by atoms with Crippen LogP contribution >= 0.6 is 0 Å². The van der Waals surface area contributed by atoms with Crippen LogP contribution in [0.4, 0.5) is 5.82 Å². The van der Waals surface area contributed by atoms with Crippen molar-refractivity contribution >= 4 is 11.8 Å². The molecule has 0 saturated heterocycles. The Bertz CT molecular complexity index is 498. The largest absolute Gasteiger partial charge is 0.463 e. The van der Waals surface area contributed by atoms with Gasteiger partial charge in [-0.25, -0.2) is 14.8 Å². The number of hydrogen-bond acceptors (Lipinski definition) is 8. The molecule has 9 nitrogen and oxygen atoms in total. The molecule has 0 aromatic carbocycles. The first-order valence-corrected chi connectivity index (χ1v) is 4.67. The molecule has 0 aliphatic carbocycles. The highest BCUT2D eigenvalue weighted by Gasteiger charge is 2.09. The van der Waals surface area contributed by atoms with E-state index in [1.165, 1.54) is 13.3 Å². The van der Waals surface area contributed by atoms with Crippen LogP contribution < -0.4 is 5.32 Å². The van der Waals surface area contributed by atoms with E-state index in [1.54, 1.807) is 6.07 Å². The summed E-state index contributed by atoms with van der Waals surface area (Å²) in [6.45, 7) is 0.341. The number of methoxy groups -OCH3 is 1. The summed E-state index contributed by atoms with van der Waals surface area (Å²) in [5.41, 5.74) is 0. The minimum absolute atomic E-state index is 0.00869. The van der Waals surface area contributed by atoms with Gasteiger partial charge in [-0.2, -0.15) is 5.21 Å². The third kappa shape index (κ3) is 2.71. The van der Waals surface area contributed by atoms with Gasteiger partial charge in [0.15, 0.2) is 5.82 Å². The minimum Gasteiger partial charge on any atom is -0.463 e. The molecule has 0 spiro atoms. The molecule has 2 N–H and O–H groups in total. The Balaban J connectivity index is 2.03. The number of ether oxygens (including phenoxy) is 1. The zero-order valence-electron chi connectivity index (χ0n) is 8.91.